The molecule has 0 heterocycles. The summed E-state index contributed by atoms with van der Waals surface area (Å²) in [5, 5.41) is 0. The highest BCUT2D eigenvalue weighted by Crippen LogP contribution is 2.28. The van der Waals surface area contributed by atoms with E-state index in [1.807, 2.05) is 25.1 Å². The molecule has 2 unspecified atom stereocenters. The fourth-order valence-electron chi connectivity index (χ4n) is 3.12. The average Bonchev–Trinajstić information content (AvgIpc) is 3.12. The zero-order chi connectivity index (χ0) is 17.5. The molecule has 134 valence electrons. The second-order valence-electron chi connectivity index (χ2n) is 6.73. The number of carbonyl (C=O) groups excluding carboxylic acids is 1. The Hall–Kier alpha value is -1.55. The van der Waals surface area contributed by atoms with E-state index in [4.69, 9.17) is 14.2 Å². The summed E-state index contributed by atoms with van der Waals surface area (Å²) in [6.45, 7) is 6.87. The lowest BCUT2D eigenvalue weighted by molar-refractivity contribution is -0.0785. The van der Waals surface area contributed by atoms with E-state index in [9.17, 15) is 4.79 Å². The first-order valence-electron chi connectivity index (χ1n) is 9.05. The Labute approximate surface area is 145 Å². The summed E-state index contributed by atoms with van der Waals surface area (Å²) in [7, 11) is 1.39. The van der Waals surface area contributed by atoms with Crippen LogP contribution in [0.25, 0.3) is 0 Å². The summed E-state index contributed by atoms with van der Waals surface area (Å²) in [4.78, 5) is 12.1. The molecular formula is C20H30O4. The van der Waals surface area contributed by atoms with E-state index in [-0.39, 0.29) is 12.3 Å². The van der Waals surface area contributed by atoms with Gasteiger partial charge in [-0.1, -0.05) is 32.8 Å². The monoisotopic (exact) mass is 334 g/mol. The van der Waals surface area contributed by atoms with E-state index < -0.39 is 0 Å². The number of esters is 1. The Morgan fingerprint density at radius 2 is 1.96 bits per heavy atom. The summed E-state index contributed by atoms with van der Waals surface area (Å²) >= 11 is 0. The van der Waals surface area contributed by atoms with Crippen LogP contribution in [0.15, 0.2) is 18.2 Å². The second kappa shape index (κ2) is 9.07. The van der Waals surface area contributed by atoms with Crippen LogP contribution < -0.4 is 4.74 Å². The van der Waals surface area contributed by atoms with Crippen molar-refractivity contribution in [3.63, 3.8) is 0 Å². The van der Waals surface area contributed by atoms with E-state index >= 15 is 0 Å². The first-order valence-corrected chi connectivity index (χ1v) is 9.05. The Kier molecular flexibility index (Phi) is 7.10. The third-order valence-electron chi connectivity index (χ3n) is 4.92. The summed E-state index contributed by atoms with van der Waals surface area (Å²) in [6.07, 6.45) is 5.71. The van der Waals surface area contributed by atoms with Gasteiger partial charge in [-0.15, -0.1) is 0 Å². The van der Waals surface area contributed by atoms with Gasteiger partial charge < -0.3 is 14.2 Å². The Morgan fingerprint density at radius 3 is 2.58 bits per heavy atom. The molecular weight excluding hydrogens is 304 g/mol. The average molecular weight is 334 g/mol. The van der Waals surface area contributed by atoms with Crippen LogP contribution in [0.4, 0.5) is 0 Å². The van der Waals surface area contributed by atoms with Gasteiger partial charge >= 0.3 is 5.97 Å². The molecule has 1 saturated carbocycles. The maximum Gasteiger partial charge on any atom is 0.341 e. The van der Waals surface area contributed by atoms with Gasteiger partial charge in [0.1, 0.15) is 11.3 Å². The normalized spacial score (nSPS) is 17.5. The molecule has 0 radical (unpaired) electrons. The van der Waals surface area contributed by atoms with E-state index in [2.05, 4.69) is 13.8 Å². The molecule has 0 aromatic heterocycles. The fraction of sp³-hybridized carbons (Fsp3) is 0.650. The number of hydrogen-bond donors (Lipinski definition) is 0. The molecule has 1 aliphatic rings. The predicted molar refractivity (Wildman–Crippen MR) is 94.5 cm³/mol. The summed E-state index contributed by atoms with van der Waals surface area (Å²) in [6, 6.07) is 5.74. The molecule has 0 amide bonds. The summed E-state index contributed by atoms with van der Waals surface area (Å²) < 4.78 is 16.6. The second-order valence-corrected chi connectivity index (χ2v) is 6.73. The third-order valence-corrected chi connectivity index (χ3v) is 4.92. The van der Waals surface area contributed by atoms with Crippen molar-refractivity contribution in [1.82, 2.24) is 0 Å². The Balaban J connectivity index is 2.05. The SMILES string of the molecule is CCC(C)c1ccc(OC(C)OCC2CCCC2)c(C(=O)OC)c1. The molecule has 1 aromatic carbocycles. The van der Waals surface area contributed by atoms with E-state index in [1.165, 1.54) is 32.8 Å². The van der Waals surface area contributed by atoms with E-state index in [0.29, 0.717) is 23.1 Å². The largest absolute Gasteiger partial charge is 0.465 e. The van der Waals surface area contributed by atoms with Gasteiger partial charge in [0.2, 0.25) is 0 Å². The number of benzene rings is 1. The summed E-state index contributed by atoms with van der Waals surface area (Å²) in [5.74, 6) is 1.17. The van der Waals surface area contributed by atoms with Crippen LogP contribution in [-0.2, 0) is 9.47 Å². The summed E-state index contributed by atoms with van der Waals surface area (Å²) in [5.41, 5.74) is 1.58. The minimum Gasteiger partial charge on any atom is -0.465 e. The molecule has 1 fully saturated rings. The van der Waals surface area contributed by atoms with Gasteiger partial charge in [0.25, 0.3) is 0 Å². The van der Waals surface area contributed by atoms with Crippen molar-refractivity contribution in [2.45, 2.75) is 65.1 Å². The highest BCUT2D eigenvalue weighted by atomic mass is 16.7. The maximum atomic E-state index is 12.1. The smallest absolute Gasteiger partial charge is 0.341 e. The first-order chi connectivity index (χ1) is 11.5. The van der Waals surface area contributed by atoms with Gasteiger partial charge in [0.15, 0.2) is 6.29 Å². The number of hydrogen-bond acceptors (Lipinski definition) is 4. The highest BCUT2D eigenvalue weighted by Gasteiger charge is 2.20. The zero-order valence-corrected chi connectivity index (χ0v) is 15.3. The van der Waals surface area contributed by atoms with Crippen LogP contribution in [0.2, 0.25) is 0 Å². The molecule has 0 saturated heterocycles. The third kappa shape index (κ3) is 4.97. The molecule has 0 N–H and O–H groups in total. The molecule has 2 rings (SSSR count). The van der Waals surface area contributed by atoms with Crippen molar-refractivity contribution in [2.75, 3.05) is 13.7 Å². The van der Waals surface area contributed by atoms with Gasteiger partial charge in [0, 0.05) is 0 Å². The van der Waals surface area contributed by atoms with Crippen molar-refractivity contribution in [2.24, 2.45) is 5.92 Å². The van der Waals surface area contributed by atoms with Gasteiger partial charge in [-0.3, -0.25) is 0 Å². The lowest BCUT2D eigenvalue weighted by atomic mass is 9.96. The molecule has 1 aliphatic carbocycles. The van der Waals surface area contributed by atoms with Crippen LogP contribution in [-0.4, -0.2) is 26.0 Å². The molecule has 0 aliphatic heterocycles. The van der Waals surface area contributed by atoms with Crippen LogP contribution in [0.5, 0.6) is 5.75 Å². The molecule has 4 nitrogen and oxygen atoms in total. The van der Waals surface area contributed by atoms with Crippen LogP contribution in [0.3, 0.4) is 0 Å². The molecule has 24 heavy (non-hydrogen) atoms. The highest BCUT2D eigenvalue weighted by molar-refractivity contribution is 5.92. The van der Waals surface area contributed by atoms with Gasteiger partial charge in [0.05, 0.1) is 13.7 Å². The zero-order valence-electron chi connectivity index (χ0n) is 15.3. The Morgan fingerprint density at radius 1 is 1.25 bits per heavy atom. The minimum atomic E-state index is -0.386. The fourth-order valence-corrected chi connectivity index (χ4v) is 3.12. The number of ether oxygens (including phenoxy) is 3. The van der Waals surface area contributed by atoms with E-state index in [0.717, 1.165) is 18.6 Å². The predicted octanol–water partition coefficient (Wildman–Crippen LogP) is 4.92. The molecule has 1 aromatic rings. The van der Waals surface area contributed by atoms with Crippen LogP contribution in [0, 0.1) is 5.92 Å². The van der Waals surface area contributed by atoms with Crippen molar-refractivity contribution in [3.8, 4) is 5.75 Å². The van der Waals surface area contributed by atoms with Crippen molar-refractivity contribution >= 4 is 5.97 Å². The van der Waals surface area contributed by atoms with E-state index in [1.54, 1.807) is 0 Å². The van der Waals surface area contributed by atoms with Crippen molar-refractivity contribution < 1.29 is 19.0 Å². The van der Waals surface area contributed by atoms with Gasteiger partial charge in [-0.05, 0) is 55.7 Å². The lowest BCUT2D eigenvalue weighted by Crippen LogP contribution is -2.21. The van der Waals surface area contributed by atoms with Crippen LogP contribution in [0.1, 0.15) is 74.7 Å². The first kappa shape index (κ1) is 18.8. The number of carbonyl (C=O) groups is 1. The Bertz CT molecular complexity index is 534. The topological polar surface area (TPSA) is 44.8 Å². The van der Waals surface area contributed by atoms with Gasteiger partial charge in [-0.25, -0.2) is 4.79 Å². The molecule has 2 atom stereocenters. The van der Waals surface area contributed by atoms with Crippen molar-refractivity contribution in [3.05, 3.63) is 29.3 Å². The van der Waals surface area contributed by atoms with Gasteiger partial charge in [-0.2, -0.15) is 0 Å². The van der Waals surface area contributed by atoms with Crippen LogP contribution >= 0.6 is 0 Å². The number of rotatable bonds is 8. The number of methoxy groups -OCH3 is 1. The lowest BCUT2D eigenvalue weighted by Gasteiger charge is -2.20. The maximum absolute atomic E-state index is 12.1. The quantitative estimate of drug-likeness (QED) is 0.500. The standard InChI is InChI=1S/C20H30O4/c1-5-14(2)17-10-11-19(18(12-17)20(21)22-4)24-15(3)23-13-16-8-6-7-9-16/h10-12,14-16H,5-9,13H2,1-4H3. The minimum absolute atomic E-state index is 0.377. The van der Waals surface area contributed by atoms with Crippen molar-refractivity contribution in [1.29, 1.82) is 0 Å². The molecule has 0 bridgehead atoms. The molecule has 0 spiro atoms. The molecule has 4 heteroatoms.